The van der Waals surface area contributed by atoms with Crippen LogP contribution >= 0.6 is 0 Å². The highest BCUT2D eigenvalue weighted by molar-refractivity contribution is 5.94. The molecule has 1 atom stereocenters. The molecule has 0 amide bonds. The van der Waals surface area contributed by atoms with Crippen LogP contribution in [0.2, 0.25) is 0 Å². The minimum atomic E-state index is -0.471. The van der Waals surface area contributed by atoms with E-state index in [4.69, 9.17) is 0 Å². The van der Waals surface area contributed by atoms with Gasteiger partial charge in [-0.3, -0.25) is 0 Å². The fourth-order valence-corrected chi connectivity index (χ4v) is 2.19. The number of aliphatic hydroxyl groups excluding tert-OH is 1. The molecule has 0 fully saturated rings. The Morgan fingerprint density at radius 3 is 2.59 bits per heavy atom. The first-order chi connectivity index (χ1) is 8.25. The summed E-state index contributed by atoms with van der Waals surface area (Å²) in [4.78, 5) is 4.61. The molecule has 0 aliphatic heterocycles. The van der Waals surface area contributed by atoms with Gasteiger partial charge in [0, 0.05) is 10.8 Å². The number of pyridine rings is 1. The van der Waals surface area contributed by atoms with E-state index in [9.17, 15) is 5.11 Å². The first-order valence-corrected chi connectivity index (χ1v) is 5.72. The Kier molecular flexibility index (Phi) is 2.30. The van der Waals surface area contributed by atoms with E-state index in [0.717, 1.165) is 27.4 Å². The zero-order chi connectivity index (χ0) is 11.8. The number of aliphatic hydroxyl groups is 1. The third-order valence-corrected chi connectivity index (χ3v) is 3.04. The molecule has 0 aliphatic carbocycles. The third-order valence-electron chi connectivity index (χ3n) is 3.04. The van der Waals surface area contributed by atoms with Crippen molar-refractivity contribution in [2.24, 2.45) is 0 Å². The summed E-state index contributed by atoms with van der Waals surface area (Å²) in [5.41, 5.74) is 2.85. The van der Waals surface area contributed by atoms with E-state index >= 15 is 0 Å². The molecule has 1 unspecified atom stereocenters. The van der Waals surface area contributed by atoms with Gasteiger partial charge >= 0.3 is 0 Å². The molecule has 1 aromatic heterocycles. The van der Waals surface area contributed by atoms with Crippen molar-refractivity contribution in [2.45, 2.75) is 13.0 Å². The molecule has 1 N–H and O–H groups in total. The Balaban J connectivity index is 2.43. The van der Waals surface area contributed by atoms with Crippen molar-refractivity contribution in [2.75, 3.05) is 0 Å². The third kappa shape index (κ3) is 1.67. The molecular weight excluding hydrogens is 210 g/mol. The second kappa shape index (κ2) is 3.82. The summed E-state index contributed by atoms with van der Waals surface area (Å²) in [7, 11) is 0. The zero-order valence-electron chi connectivity index (χ0n) is 9.59. The maximum atomic E-state index is 9.77. The fraction of sp³-hybridized carbons (Fsp3) is 0.133. The van der Waals surface area contributed by atoms with Crippen LogP contribution in [0.25, 0.3) is 21.8 Å². The van der Waals surface area contributed by atoms with Gasteiger partial charge in [-0.15, -0.1) is 0 Å². The number of para-hydroxylation sites is 1. The Morgan fingerprint density at radius 1 is 1.00 bits per heavy atom. The largest absolute Gasteiger partial charge is 0.389 e. The Labute approximate surface area is 99.5 Å². The van der Waals surface area contributed by atoms with E-state index in [1.165, 1.54) is 0 Å². The van der Waals surface area contributed by atoms with Crippen LogP contribution < -0.4 is 0 Å². The topological polar surface area (TPSA) is 33.1 Å². The maximum Gasteiger partial charge on any atom is 0.0768 e. The molecule has 0 saturated heterocycles. The van der Waals surface area contributed by atoms with Gasteiger partial charge in [-0.25, -0.2) is 4.98 Å². The Bertz CT molecular complexity index is 689. The smallest absolute Gasteiger partial charge is 0.0768 e. The first-order valence-electron chi connectivity index (χ1n) is 5.72. The van der Waals surface area contributed by atoms with Crippen LogP contribution in [0.4, 0.5) is 0 Å². The molecule has 2 heteroatoms. The van der Waals surface area contributed by atoms with Crippen LogP contribution in [0.3, 0.4) is 0 Å². The normalized spacial score (nSPS) is 13.1. The van der Waals surface area contributed by atoms with Crippen molar-refractivity contribution < 1.29 is 5.11 Å². The summed E-state index contributed by atoms with van der Waals surface area (Å²) in [6.45, 7) is 1.78. The number of nitrogens with zero attached hydrogens (tertiary/aromatic N) is 1. The maximum absolute atomic E-state index is 9.77. The van der Waals surface area contributed by atoms with Crippen LogP contribution in [0, 0.1) is 0 Å². The van der Waals surface area contributed by atoms with Crippen LogP contribution in [-0.2, 0) is 0 Å². The first kappa shape index (κ1) is 10.2. The molecule has 3 aromatic rings. The zero-order valence-corrected chi connectivity index (χ0v) is 9.59. The molecule has 0 saturated carbocycles. The number of benzene rings is 2. The monoisotopic (exact) mass is 223 g/mol. The molecule has 3 rings (SSSR count). The number of hydrogen-bond acceptors (Lipinski definition) is 2. The molecule has 0 aliphatic rings. The summed E-state index contributed by atoms with van der Waals surface area (Å²) >= 11 is 0. The minimum absolute atomic E-state index is 0.471. The van der Waals surface area contributed by atoms with Crippen molar-refractivity contribution in [3.8, 4) is 0 Å². The second-order valence-corrected chi connectivity index (χ2v) is 4.27. The highest BCUT2D eigenvalue weighted by atomic mass is 16.3. The molecular formula is C15H13NO. The average molecular weight is 223 g/mol. The lowest BCUT2D eigenvalue weighted by atomic mass is 10.0. The van der Waals surface area contributed by atoms with E-state index in [1.807, 2.05) is 42.5 Å². The van der Waals surface area contributed by atoms with Gasteiger partial charge in [-0.05, 0) is 30.7 Å². The molecule has 17 heavy (non-hydrogen) atoms. The molecule has 1 heterocycles. The summed E-state index contributed by atoms with van der Waals surface area (Å²) in [6.07, 6.45) is -0.471. The van der Waals surface area contributed by atoms with Gasteiger partial charge in [0.15, 0.2) is 0 Å². The van der Waals surface area contributed by atoms with E-state index in [2.05, 4.69) is 11.1 Å². The number of fused-ring (bicyclic) bond motifs is 2. The quantitative estimate of drug-likeness (QED) is 0.641. The van der Waals surface area contributed by atoms with Crippen LogP contribution in [-0.4, -0.2) is 10.1 Å². The van der Waals surface area contributed by atoms with Gasteiger partial charge in [0.2, 0.25) is 0 Å². The van der Waals surface area contributed by atoms with Gasteiger partial charge in [-0.1, -0.05) is 30.3 Å². The highest BCUT2D eigenvalue weighted by Gasteiger charge is 2.07. The fourth-order valence-electron chi connectivity index (χ4n) is 2.19. The van der Waals surface area contributed by atoms with Crippen molar-refractivity contribution in [3.63, 3.8) is 0 Å². The summed E-state index contributed by atoms with van der Waals surface area (Å²) in [5.74, 6) is 0. The lowest BCUT2D eigenvalue weighted by molar-refractivity contribution is 0.201. The number of rotatable bonds is 1. The van der Waals surface area contributed by atoms with Gasteiger partial charge in [0.25, 0.3) is 0 Å². The average Bonchev–Trinajstić information content (AvgIpc) is 2.35. The number of aromatic nitrogens is 1. The van der Waals surface area contributed by atoms with Gasteiger partial charge in [0.05, 0.1) is 17.1 Å². The number of hydrogen-bond donors (Lipinski definition) is 1. The van der Waals surface area contributed by atoms with Gasteiger partial charge in [0.1, 0.15) is 0 Å². The predicted molar refractivity (Wildman–Crippen MR) is 69.9 cm³/mol. The molecule has 2 nitrogen and oxygen atoms in total. The van der Waals surface area contributed by atoms with E-state index < -0.39 is 6.10 Å². The standard InChI is InChI=1S/C15H13NO/c1-10(17)12-6-4-8-15-13(12)9-11-5-2-3-7-14(11)16-15/h2-10,17H,1H3. The SMILES string of the molecule is CC(O)c1cccc2nc3ccccc3cc12. The van der Waals surface area contributed by atoms with Crippen LogP contribution in [0.15, 0.2) is 48.5 Å². The van der Waals surface area contributed by atoms with Crippen LogP contribution in [0.5, 0.6) is 0 Å². The predicted octanol–water partition coefficient (Wildman–Crippen LogP) is 3.44. The van der Waals surface area contributed by atoms with Crippen LogP contribution in [0.1, 0.15) is 18.6 Å². The molecule has 0 radical (unpaired) electrons. The lowest BCUT2D eigenvalue weighted by Gasteiger charge is -2.09. The van der Waals surface area contributed by atoms with Crippen molar-refractivity contribution >= 4 is 21.8 Å². The van der Waals surface area contributed by atoms with E-state index in [0.29, 0.717) is 0 Å². The van der Waals surface area contributed by atoms with E-state index in [1.54, 1.807) is 6.92 Å². The molecule has 0 bridgehead atoms. The lowest BCUT2D eigenvalue weighted by Crippen LogP contribution is -1.93. The molecule has 0 spiro atoms. The van der Waals surface area contributed by atoms with Gasteiger partial charge in [-0.2, -0.15) is 0 Å². The Morgan fingerprint density at radius 2 is 1.76 bits per heavy atom. The minimum Gasteiger partial charge on any atom is -0.389 e. The molecule has 84 valence electrons. The van der Waals surface area contributed by atoms with Crippen molar-refractivity contribution in [3.05, 3.63) is 54.1 Å². The van der Waals surface area contributed by atoms with Crippen molar-refractivity contribution in [1.82, 2.24) is 4.98 Å². The van der Waals surface area contributed by atoms with Gasteiger partial charge < -0.3 is 5.11 Å². The van der Waals surface area contributed by atoms with E-state index in [-0.39, 0.29) is 0 Å². The summed E-state index contributed by atoms with van der Waals surface area (Å²) in [5, 5.41) is 11.9. The summed E-state index contributed by atoms with van der Waals surface area (Å²) in [6, 6.07) is 16.0. The Hall–Kier alpha value is -1.93. The molecule has 2 aromatic carbocycles. The summed E-state index contributed by atoms with van der Waals surface area (Å²) < 4.78 is 0. The second-order valence-electron chi connectivity index (χ2n) is 4.27. The highest BCUT2D eigenvalue weighted by Crippen LogP contribution is 2.26. The van der Waals surface area contributed by atoms with Crippen molar-refractivity contribution in [1.29, 1.82) is 0 Å².